The summed E-state index contributed by atoms with van der Waals surface area (Å²) in [7, 11) is 0. The third kappa shape index (κ3) is 4.79. The second-order valence-corrected chi connectivity index (χ2v) is 10.1. The van der Waals surface area contributed by atoms with Gasteiger partial charge in [-0.3, -0.25) is 14.4 Å². The first-order chi connectivity index (χ1) is 15.1. The van der Waals surface area contributed by atoms with Crippen LogP contribution in [0.4, 0.5) is 0 Å². The molecule has 1 saturated carbocycles. The van der Waals surface area contributed by atoms with E-state index in [0.717, 1.165) is 37.7 Å². The summed E-state index contributed by atoms with van der Waals surface area (Å²) in [5.41, 5.74) is 2.91. The molecule has 1 fully saturated rings. The summed E-state index contributed by atoms with van der Waals surface area (Å²) in [5, 5.41) is 0. The number of carbonyl (C=O) groups is 3. The number of hydrogen-bond donors (Lipinski definition) is 0. The van der Waals surface area contributed by atoms with Crippen molar-refractivity contribution in [3.8, 4) is 0 Å². The van der Waals surface area contributed by atoms with Gasteiger partial charge in [0.2, 0.25) is 0 Å². The zero-order chi connectivity index (χ0) is 23.6. The summed E-state index contributed by atoms with van der Waals surface area (Å²) in [6, 6.07) is 0. The molecule has 0 N–H and O–H groups in total. The fourth-order valence-corrected chi connectivity index (χ4v) is 6.41. The van der Waals surface area contributed by atoms with Crippen molar-refractivity contribution in [2.45, 2.75) is 91.8 Å². The molecule has 32 heavy (non-hydrogen) atoms. The fourth-order valence-electron chi connectivity index (χ4n) is 6.41. The first-order valence-corrected chi connectivity index (χ1v) is 11.9. The number of ether oxygens (including phenoxy) is 3. The van der Waals surface area contributed by atoms with Crippen LogP contribution in [0.1, 0.15) is 79.6 Å². The Morgan fingerprint density at radius 3 is 2.28 bits per heavy atom. The molecule has 0 aromatic carbocycles. The Morgan fingerprint density at radius 1 is 1.00 bits per heavy atom. The van der Waals surface area contributed by atoms with Crippen molar-refractivity contribution in [2.24, 2.45) is 23.2 Å². The van der Waals surface area contributed by atoms with Crippen molar-refractivity contribution in [1.82, 2.24) is 0 Å². The molecule has 0 spiro atoms. The molecular weight excluding hydrogens is 408 g/mol. The second-order valence-electron chi connectivity index (χ2n) is 10.1. The largest absolute Gasteiger partial charge is 0.465 e. The van der Waals surface area contributed by atoms with Crippen LogP contribution in [0.15, 0.2) is 23.3 Å². The molecule has 0 unspecified atom stereocenters. The highest BCUT2D eigenvalue weighted by molar-refractivity contribution is 5.68. The lowest BCUT2D eigenvalue weighted by atomic mass is 9.60. The topological polar surface area (TPSA) is 78.9 Å². The van der Waals surface area contributed by atoms with Crippen molar-refractivity contribution >= 4 is 17.9 Å². The Morgan fingerprint density at radius 2 is 1.66 bits per heavy atom. The Balaban J connectivity index is 2.18. The molecule has 0 aromatic heterocycles. The van der Waals surface area contributed by atoms with Gasteiger partial charge in [0, 0.05) is 33.1 Å². The lowest BCUT2D eigenvalue weighted by Gasteiger charge is -2.49. The van der Waals surface area contributed by atoms with E-state index in [1.807, 2.05) is 0 Å². The lowest BCUT2D eigenvalue weighted by molar-refractivity contribution is -0.185. The molecule has 6 atom stereocenters. The van der Waals surface area contributed by atoms with E-state index in [4.69, 9.17) is 14.2 Å². The van der Waals surface area contributed by atoms with Gasteiger partial charge in [-0.25, -0.2) is 0 Å². The van der Waals surface area contributed by atoms with Gasteiger partial charge in [0.15, 0.2) is 0 Å². The Labute approximate surface area is 191 Å². The maximum Gasteiger partial charge on any atom is 0.302 e. The van der Waals surface area contributed by atoms with Crippen LogP contribution in [0.3, 0.4) is 0 Å². The number of carbonyl (C=O) groups excluding carboxylic acids is 3. The maximum absolute atomic E-state index is 12.2. The van der Waals surface area contributed by atoms with Crippen LogP contribution < -0.4 is 0 Å². The third-order valence-electron chi connectivity index (χ3n) is 7.90. The molecular formula is C26H38O6. The SMILES string of the molecule is C=C1CCC[C@H](C)CCC2=C(C)[C@@H]3[C@H]1C[C@@H](OC(C)=O)[C@]3(COC(C)=O)[C@@H](OC(C)=O)C2. The molecule has 0 aromatic rings. The van der Waals surface area contributed by atoms with E-state index in [9.17, 15) is 14.4 Å². The van der Waals surface area contributed by atoms with Crippen LogP contribution >= 0.6 is 0 Å². The second kappa shape index (κ2) is 9.80. The molecule has 2 bridgehead atoms. The molecule has 178 valence electrons. The Bertz CT molecular complexity index is 811. The highest BCUT2D eigenvalue weighted by atomic mass is 16.6. The standard InChI is InChI=1S/C26H38O6/c1-15-8-7-9-16(2)22-13-24(32-20(6)29)26(14-30-18(4)27)23(31-19(5)28)12-21(11-10-15)17(3)25(22)26/h15,22-25H,2,7-14H2,1,3-6H3/t15-,22-,23-,24+,25+,26-/m0/s1. The first kappa shape index (κ1) is 24.5. The normalized spacial score (nSPS) is 35.0. The van der Waals surface area contributed by atoms with Gasteiger partial charge in [0.1, 0.15) is 18.8 Å². The molecule has 3 aliphatic rings. The van der Waals surface area contributed by atoms with Gasteiger partial charge in [-0.1, -0.05) is 36.6 Å². The van der Waals surface area contributed by atoms with Gasteiger partial charge >= 0.3 is 17.9 Å². The molecule has 0 radical (unpaired) electrons. The summed E-state index contributed by atoms with van der Waals surface area (Å²) in [6.45, 7) is 13.1. The molecule has 6 nitrogen and oxygen atoms in total. The minimum Gasteiger partial charge on any atom is -0.465 e. The van der Waals surface area contributed by atoms with Crippen LogP contribution in [0.2, 0.25) is 0 Å². The number of rotatable bonds is 4. The summed E-state index contributed by atoms with van der Waals surface area (Å²) >= 11 is 0. The van der Waals surface area contributed by atoms with E-state index in [-0.39, 0.29) is 30.4 Å². The van der Waals surface area contributed by atoms with Crippen molar-refractivity contribution in [1.29, 1.82) is 0 Å². The van der Waals surface area contributed by atoms with Crippen molar-refractivity contribution in [2.75, 3.05) is 6.61 Å². The fraction of sp³-hybridized carbons (Fsp3) is 0.731. The quantitative estimate of drug-likeness (QED) is 0.347. The average Bonchev–Trinajstić information content (AvgIpc) is 3.01. The van der Waals surface area contributed by atoms with Crippen molar-refractivity contribution < 1.29 is 28.6 Å². The minimum atomic E-state index is -0.816. The highest BCUT2D eigenvalue weighted by Crippen LogP contribution is 2.61. The predicted octanol–water partition coefficient (Wildman–Crippen LogP) is 4.91. The number of hydrogen-bond acceptors (Lipinski definition) is 6. The molecule has 3 aliphatic carbocycles. The zero-order valence-corrected chi connectivity index (χ0v) is 20.2. The van der Waals surface area contributed by atoms with Gasteiger partial charge in [0.25, 0.3) is 0 Å². The molecule has 0 aliphatic heterocycles. The average molecular weight is 447 g/mol. The maximum atomic E-state index is 12.2. The van der Waals surface area contributed by atoms with E-state index in [2.05, 4.69) is 20.4 Å². The van der Waals surface area contributed by atoms with E-state index in [1.54, 1.807) is 0 Å². The van der Waals surface area contributed by atoms with Gasteiger partial charge < -0.3 is 14.2 Å². The Kier molecular flexibility index (Phi) is 7.51. The zero-order valence-electron chi connectivity index (χ0n) is 20.2. The molecule has 0 heterocycles. The summed E-state index contributed by atoms with van der Waals surface area (Å²) in [6.07, 6.45) is 5.34. The van der Waals surface area contributed by atoms with E-state index < -0.39 is 23.6 Å². The monoisotopic (exact) mass is 446 g/mol. The van der Waals surface area contributed by atoms with Crippen LogP contribution in [0, 0.1) is 23.2 Å². The molecule has 6 heteroatoms. The lowest BCUT2D eigenvalue weighted by Crippen LogP contribution is -2.55. The predicted molar refractivity (Wildman–Crippen MR) is 120 cm³/mol. The Hall–Kier alpha value is -2.11. The van der Waals surface area contributed by atoms with Crippen LogP contribution in [0.5, 0.6) is 0 Å². The van der Waals surface area contributed by atoms with Crippen LogP contribution in [-0.2, 0) is 28.6 Å². The van der Waals surface area contributed by atoms with Gasteiger partial charge in [-0.2, -0.15) is 0 Å². The highest BCUT2D eigenvalue weighted by Gasteiger charge is 2.65. The smallest absolute Gasteiger partial charge is 0.302 e. The summed E-state index contributed by atoms with van der Waals surface area (Å²) < 4.78 is 17.4. The van der Waals surface area contributed by atoms with Gasteiger partial charge in [-0.15, -0.1) is 0 Å². The summed E-state index contributed by atoms with van der Waals surface area (Å²) in [5.74, 6) is -0.517. The van der Waals surface area contributed by atoms with Crippen LogP contribution in [0.25, 0.3) is 0 Å². The first-order valence-electron chi connectivity index (χ1n) is 11.9. The van der Waals surface area contributed by atoms with Crippen LogP contribution in [-0.4, -0.2) is 36.7 Å². The molecule has 0 saturated heterocycles. The van der Waals surface area contributed by atoms with Gasteiger partial charge in [-0.05, 0) is 50.9 Å². The van der Waals surface area contributed by atoms with Gasteiger partial charge in [0.05, 0.1) is 5.41 Å². The van der Waals surface area contributed by atoms with Crippen molar-refractivity contribution in [3.63, 3.8) is 0 Å². The van der Waals surface area contributed by atoms with E-state index in [0.29, 0.717) is 18.8 Å². The number of esters is 3. The summed E-state index contributed by atoms with van der Waals surface area (Å²) in [4.78, 5) is 36.2. The van der Waals surface area contributed by atoms with E-state index in [1.165, 1.54) is 31.9 Å². The molecule has 3 rings (SSSR count). The third-order valence-corrected chi connectivity index (χ3v) is 7.90. The van der Waals surface area contributed by atoms with E-state index >= 15 is 0 Å². The molecule has 0 amide bonds. The van der Waals surface area contributed by atoms with Crippen molar-refractivity contribution in [3.05, 3.63) is 23.3 Å². The number of allylic oxidation sites excluding steroid dienone is 2. The minimum absolute atomic E-state index is 0.0493.